The normalized spacial score (nSPS) is 18.2. The van der Waals surface area contributed by atoms with Gasteiger partial charge in [-0.25, -0.2) is 9.67 Å². The van der Waals surface area contributed by atoms with Gasteiger partial charge in [0.1, 0.15) is 11.6 Å². The van der Waals surface area contributed by atoms with Crippen LogP contribution in [0.3, 0.4) is 0 Å². The number of likely N-dealkylation sites (tertiary alicyclic amines) is 1. The van der Waals surface area contributed by atoms with Crippen molar-refractivity contribution in [2.45, 2.75) is 77.6 Å². The van der Waals surface area contributed by atoms with Crippen molar-refractivity contribution >= 4 is 29.4 Å². The lowest BCUT2D eigenvalue weighted by molar-refractivity contribution is -0.138. The predicted octanol–water partition coefficient (Wildman–Crippen LogP) is 4.67. The number of aromatic nitrogens is 3. The smallest absolute Gasteiger partial charge is 0.304 e. The summed E-state index contributed by atoms with van der Waals surface area (Å²) in [7, 11) is 1.73. The number of aliphatic carboxylic acids is 2. The first kappa shape index (κ1) is 37.1. The third-order valence-corrected chi connectivity index (χ3v) is 10.8. The van der Waals surface area contributed by atoms with Gasteiger partial charge in [0.2, 0.25) is 5.91 Å². The van der Waals surface area contributed by atoms with Crippen molar-refractivity contribution in [3.05, 3.63) is 58.5 Å². The molecule has 13 heteroatoms. The number of nitrogens with zero attached hydrogens (tertiary/aromatic N) is 6. The fourth-order valence-electron chi connectivity index (χ4n) is 8.06. The van der Waals surface area contributed by atoms with E-state index in [-0.39, 0.29) is 31.1 Å². The number of rotatable bonds is 15. The van der Waals surface area contributed by atoms with E-state index in [2.05, 4.69) is 39.4 Å². The highest BCUT2D eigenvalue weighted by Crippen LogP contribution is 2.34. The van der Waals surface area contributed by atoms with E-state index in [0.29, 0.717) is 45.1 Å². The number of amides is 1. The molecule has 3 aliphatic rings. The van der Waals surface area contributed by atoms with Crippen LogP contribution in [0.25, 0.3) is 5.69 Å². The quantitative estimate of drug-likeness (QED) is 0.201. The summed E-state index contributed by atoms with van der Waals surface area (Å²) < 4.78 is 7.63. The first-order valence-corrected chi connectivity index (χ1v) is 18.7. The van der Waals surface area contributed by atoms with E-state index < -0.39 is 11.9 Å². The topological polar surface area (TPSA) is 153 Å². The van der Waals surface area contributed by atoms with E-state index in [1.807, 2.05) is 29.5 Å². The summed E-state index contributed by atoms with van der Waals surface area (Å²) in [6.45, 7) is 9.76. The van der Waals surface area contributed by atoms with Crippen molar-refractivity contribution in [3.8, 4) is 11.4 Å². The number of carboxylic acids is 2. The van der Waals surface area contributed by atoms with E-state index >= 15 is 0 Å². The molecule has 13 nitrogen and oxygen atoms in total. The van der Waals surface area contributed by atoms with Crippen LogP contribution in [0.1, 0.15) is 79.1 Å². The molecule has 2 saturated heterocycles. The second-order valence-corrected chi connectivity index (χ2v) is 14.7. The molecule has 0 spiro atoms. The second-order valence-electron chi connectivity index (χ2n) is 14.7. The number of pyridine rings is 1. The molecule has 5 heterocycles. The Morgan fingerprint density at radius 2 is 1.77 bits per heavy atom. The second kappa shape index (κ2) is 16.8. The fourth-order valence-corrected chi connectivity index (χ4v) is 8.06. The van der Waals surface area contributed by atoms with Gasteiger partial charge < -0.3 is 35.0 Å². The maximum Gasteiger partial charge on any atom is 0.304 e. The summed E-state index contributed by atoms with van der Waals surface area (Å²) in [5.41, 5.74) is 6.96. The number of fused-ring (bicyclic) bond motifs is 1. The monoisotopic (exact) mass is 715 g/mol. The van der Waals surface area contributed by atoms with Gasteiger partial charge in [-0.2, -0.15) is 5.10 Å². The van der Waals surface area contributed by atoms with Gasteiger partial charge in [-0.3, -0.25) is 14.4 Å². The Kier molecular flexibility index (Phi) is 12.0. The number of piperazine rings is 1. The number of benzene rings is 1. The SMILES string of the molecule is COc1cc(CC[C@@H]2CCN(C[C@@H](CC(=O)O)c3cc(N4CCN(C(=O)CCCC(=O)O)CC4)cc(-n4nc(C)cc4C)c3)C2)nc2c1CCCN2. The molecule has 3 N–H and O–H groups in total. The van der Waals surface area contributed by atoms with E-state index in [9.17, 15) is 19.5 Å². The molecule has 0 saturated carbocycles. The van der Waals surface area contributed by atoms with Gasteiger partial charge >= 0.3 is 11.9 Å². The summed E-state index contributed by atoms with van der Waals surface area (Å²) >= 11 is 0. The summed E-state index contributed by atoms with van der Waals surface area (Å²) in [5.74, 6) is 0.426. The van der Waals surface area contributed by atoms with Crippen LogP contribution in [-0.2, 0) is 27.2 Å². The number of anilines is 2. The zero-order chi connectivity index (χ0) is 36.8. The standard InChI is InChI=1S/C39H53N7O6/c1-26-18-27(2)46(42-26)33-20-29(19-32(23-33)44-14-16-45(17-15-44)36(47)7-4-8-37(48)49)30(21-38(50)51)25-43-13-11-28(24-43)9-10-31-22-35(52-3)34-6-5-12-40-39(34)41-31/h18-20,22-23,28,30H,4-17,21,24-25H2,1-3H3,(H,40,41)(H,48,49)(H,50,51)/t28-,30-/m1/s1. The Labute approximate surface area is 305 Å². The highest BCUT2D eigenvalue weighted by atomic mass is 16.5. The van der Waals surface area contributed by atoms with Crippen molar-refractivity contribution in [3.63, 3.8) is 0 Å². The van der Waals surface area contributed by atoms with Crippen molar-refractivity contribution in [1.82, 2.24) is 24.6 Å². The van der Waals surface area contributed by atoms with E-state index in [1.54, 1.807) is 7.11 Å². The van der Waals surface area contributed by atoms with Crippen LogP contribution in [0.4, 0.5) is 11.5 Å². The molecule has 52 heavy (non-hydrogen) atoms. The number of ether oxygens (including phenoxy) is 1. The predicted molar refractivity (Wildman–Crippen MR) is 199 cm³/mol. The Morgan fingerprint density at radius 1 is 0.981 bits per heavy atom. The average Bonchev–Trinajstić information content (AvgIpc) is 3.73. The highest BCUT2D eigenvalue weighted by Gasteiger charge is 2.29. The molecule has 280 valence electrons. The third kappa shape index (κ3) is 9.22. The number of methoxy groups -OCH3 is 1. The minimum Gasteiger partial charge on any atom is -0.496 e. The van der Waals surface area contributed by atoms with Crippen LogP contribution in [0.5, 0.6) is 5.75 Å². The molecule has 2 aromatic heterocycles. The molecule has 2 atom stereocenters. The first-order chi connectivity index (χ1) is 25.1. The summed E-state index contributed by atoms with van der Waals surface area (Å²) in [4.78, 5) is 47.4. The summed E-state index contributed by atoms with van der Waals surface area (Å²) in [6, 6.07) is 10.5. The fraction of sp³-hybridized carbons (Fsp3) is 0.564. The molecule has 0 bridgehead atoms. The van der Waals surface area contributed by atoms with E-state index in [4.69, 9.17) is 19.9 Å². The Balaban J connectivity index is 1.16. The van der Waals surface area contributed by atoms with Crippen LogP contribution < -0.4 is 15.0 Å². The van der Waals surface area contributed by atoms with Gasteiger partial charge in [0.05, 0.1) is 24.9 Å². The van der Waals surface area contributed by atoms with Gasteiger partial charge in [-0.1, -0.05) is 0 Å². The van der Waals surface area contributed by atoms with Gasteiger partial charge in [0, 0.05) is 93.3 Å². The molecule has 6 rings (SSSR count). The maximum absolute atomic E-state index is 12.8. The van der Waals surface area contributed by atoms with Crippen molar-refractivity contribution in [2.75, 3.05) is 69.7 Å². The lowest BCUT2D eigenvalue weighted by Gasteiger charge is -2.37. The molecule has 3 aliphatic heterocycles. The van der Waals surface area contributed by atoms with Gasteiger partial charge in [0.25, 0.3) is 0 Å². The number of carbonyl (C=O) groups excluding carboxylic acids is 1. The minimum absolute atomic E-state index is 0.0105. The first-order valence-electron chi connectivity index (χ1n) is 18.7. The Bertz CT molecular complexity index is 1730. The third-order valence-electron chi connectivity index (χ3n) is 10.8. The molecule has 1 amide bonds. The van der Waals surface area contributed by atoms with Crippen LogP contribution in [-0.4, -0.2) is 112 Å². The lowest BCUT2D eigenvalue weighted by Crippen LogP contribution is -2.48. The number of carbonyl (C=O) groups is 3. The molecular weight excluding hydrogens is 662 g/mol. The molecule has 0 unspecified atom stereocenters. The van der Waals surface area contributed by atoms with Crippen LogP contribution in [0, 0.1) is 19.8 Å². The molecule has 2 fully saturated rings. The number of carboxylic acid groups (broad SMARTS) is 2. The Hall–Kier alpha value is -4.65. The van der Waals surface area contributed by atoms with Crippen molar-refractivity contribution < 1.29 is 29.3 Å². The summed E-state index contributed by atoms with van der Waals surface area (Å²) in [6.07, 6.45) is 5.59. The number of aryl methyl sites for hydroxylation is 3. The van der Waals surface area contributed by atoms with E-state index in [1.165, 1.54) is 5.56 Å². The largest absolute Gasteiger partial charge is 0.496 e. The molecule has 3 aromatic rings. The van der Waals surface area contributed by atoms with Gasteiger partial charge in [0.15, 0.2) is 0 Å². The average molecular weight is 716 g/mol. The van der Waals surface area contributed by atoms with Gasteiger partial charge in [-0.05, 0) is 94.7 Å². The van der Waals surface area contributed by atoms with Crippen LogP contribution in [0.2, 0.25) is 0 Å². The molecule has 0 aliphatic carbocycles. The van der Waals surface area contributed by atoms with Crippen LogP contribution in [0.15, 0.2) is 30.3 Å². The van der Waals surface area contributed by atoms with Crippen LogP contribution >= 0.6 is 0 Å². The molecule has 1 aromatic carbocycles. The van der Waals surface area contributed by atoms with Crippen molar-refractivity contribution in [1.29, 1.82) is 0 Å². The number of nitrogens with one attached hydrogen (secondary N) is 1. The van der Waals surface area contributed by atoms with Gasteiger partial charge in [-0.15, -0.1) is 0 Å². The number of hydrogen-bond acceptors (Lipinski definition) is 9. The lowest BCUT2D eigenvalue weighted by atomic mass is 9.93. The van der Waals surface area contributed by atoms with E-state index in [0.717, 1.165) is 97.3 Å². The maximum atomic E-state index is 12.8. The molecular formula is C39H53N7O6. The molecule has 0 radical (unpaired) electrons. The zero-order valence-corrected chi connectivity index (χ0v) is 30.8. The summed E-state index contributed by atoms with van der Waals surface area (Å²) in [5, 5.41) is 27.2. The van der Waals surface area contributed by atoms with Crippen molar-refractivity contribution in [2.24, 2.45) is 5.92 Å². The zero-order valence-electron chi connectivity index (χ0n) is 30.8. The Morgan fingerprint density at radius 3 is 2.48 bits per heavy atom. The minimum atomic E-state index is -0.890. The highest BCUT2D eigenvalue weighted by molar-refractivity contribution is 5.77. The number of hydrogen-bond donors (Lipinski definition) is 3.